The summed E-state index contributed by atoms with van der Waals surface area (Å²) in [6.07, 6.45) is 0. The van der Waals surface area contributed by atoms with Gasteiger partial charge >= 0.3 is 0 Å². The number of benzene rings is 6. The number of rotatable bonds is 4. The molecule has 9 rings (SSSR count). The smallest absolute Gasteiger partial charge is 0.238 e. The van der Waals surface area contributed by atoms with Gasteiger partial charge in [-0.2, -0.15) is 9.97 Å². The van der Waals surface area contributed by atoms with Gasteiger partial charge in [-0.3, -0.25) is 4.57 Å². The minimum absolute atomic E-state index is 0.0479. The van der Waals surface area contributed by atoms with Crippen molar-refractivity contribution in [2.24, 2.45) is 0 Å². The molecule has 4 heteroatoms. The summed E-state index contributed by atoms with van der Waals surface area (Å²) in [5.41, 5.74) is 11.8. The Morgan fingerprint density at radius 2 is 1.00 bits per heavy atom. The molecule has 6 aromatic carbocycles. The van der Waals surface area contributed by atoms with Crippen molar-refractivity contribution in [3.05, 3.63) is 157 Å². The van der Waals surface area contributed by atoms with Gasteiger partial charge in [-0.05, 0) is 57.6 Å². The number of nitrogens with zero attached hydrogens (tertiary/aromatic N) is 4. The van der Waals surface area contributed by atoms with E-state index in [-0.39, 0.29) is 5.41 Å². The quantitative estimate of drug-likeness (QED) is 0.205. The summed E-state index contributed by atoms with van der Waals surface area (Å²) in [6.45, 7) is 4.67. The van der Waals surface area contributed by atoms with E-state index in [4.69, 9.17) is 15.0 Å². The number of para-hydroxylation sites is 1. The Labute approximate surface area is 267 Å². The summed E-state index contributed by atoms with van der Waals surface area (Å²) >= 11 is 0. The van der Waals surface area contributed by atoms with Crippen molar-refractivity contribution in [1.82, 2.24) is 19.5 Å². The lowest BCUT2D eigenvalue weighted by molar-refractivity contribution is 0.660. The molecule has 46 heavy (non-hydrogen) atoms. The summed E-state index contributed by atoms with van der Waals surface area (Å²) in [5, 5.41) is 2.33. The minimum Gasteiger partial charge on any atom is -0.278 e. The zero-order chi connectivity index (χ0) is 30.8. The van der Waals surface area contributed by atoms with Gasteiger partial charge < -0.3 is 0 Å². The fourth-order valence-corrected chi connectivity index (χ4v) is 7.15. The molecule has 1 aliphatic carbocycles. The average Bonchev–Trinajstić information content (AvgIpc) is 3.57. The maximum absolute atomic E-state index is 5.07. The molecule has 1 aliphatic rings. The summed E-state index contributed by atoms with van der Waals surface area (Å²) < 4.78 is 2.18. The van der Waals surface area contributed by atoms with Crippen molar-refractivity contribution < 1.29 is 0 Å². The van der Waals surface area contributed by atoms with Crippen molar-refractivity contribution in [2.45, 2.75) is 19.3 Å². The first-order valence-corrected chi connectivity index (χ1v) is 15.7. The third-order valence-electron chi connectivity index (χ3n) is 9.48. The van der Waals surface area contributed by atoms with Crippen LogP contribution in [0.5, 0.6) is 0 Å². The number of hydrogen-bond donors (Lipinski definition) is 0. The first kappa shape index (κ1) is 26.5. The molecule has 218 valence electrons. The van der Waals surface area contributed by atoms with Crippen LogP contribution < -0.4 is 0 Å². The van der Waals surface area contributed by atoms with E-state index < -0.39 is 0 Å². The third-order valence-corrected chi connectivity index (χ3v) is 9.48. The van der Waals surface area contributed by atoms with E-state index in [1.807, 2.05) is 60.7 Å². The fourth-order valence-electron chi connectivity index (χ4n) is 7.15. The van der Waals surface area contributed by atoms with Gasteiger partial charge in [0, 0.05) is 27.3 Å². The van der Waals surface area contributed by atoms with Crippen molar-refractivity contribution in [1.29, 1.82) is 0 Å². The molecule has 0 aliphatic heterocycles. The van der Waals surface area contributed by atoms with E-state index in [1.165, 1.54) is 38.8 Å². The highest BCUT2D eigenvalue weighted by Crippen LogP contribution is 2.49. The molecule has 2 heterocycles. The van der Waals surface area contributed by atoms with Crippen LogP contribution in [0.15, 0.2) is 146 Å². The molecule has 0 bridgehead atoms. The van der Waals surface area contributed by atoms with Crippen molar-refractivity contribution >= 4 is 21.8 Å². The lowest BCUT2D eigenvalue weighted by atomic mass is 9.81. The van der Waals surface area contributed by atoms with Gasteiger partial charge in [0.05, 0.1) is 11.0 Å². The van der Waals surface area contributed by atoms with E-state index in [9.17, 15) is 0 Å². The Kier molecular flexibility index (Phi) is 5.81. The molecular formula is C42H30N4. The highest BCUT2D eigenvalue weighted by molar-refractivity contribution is 6.10. The highest BCUT2D eigenvalue weighted by Gasteiger charge is 2.35. The molecule has 0 radical (unpaired) electrons. The summed E-state index contributed by atoms with van der Waals surface area (Å²) in [7, 11) is 0. The molecule has 0 spiro atoms. The van der Waals surface area contributed by atoms with Crippen molar-refractivity contribution in [3.63, 3.8) is 0 Å². The second kappa shape index (κ2) is 10.1. The second-order valence-corrected chi connectivity index (χ2v) is 12.5. The Hall–Kier alpha value is -5.87. The van der Waals surface area contributed by atoms with Gasteiger partial charge in [0.15, 0.2) is 11.6 Å². The van der Waals surface area contributed by atoms with E-state index in [1.54, 1.807) is 0 Å². The zero-order valence-corrected chi connectivity index (χ0v) is 25.6. The van der Waals surface area contributed by atoms with Crippen LogP contribution in [0.4, 0.5) is 0 Å². The van der Waals surface area contributed by atoms with Crippen LogP contribution in [0.2, 0.25) is 0 Å². The molecule has 4 nitrogen and oxygen atoms in total. The molecule has 0 saturated heterocycles. The number of aromatic nitrogens is 4. The molecule has 0 atom stereocenters. The molecule has 0 saturated carbocycles. The predicted octanol–water partition coefficient (Wildman–Crippen LogP) is 10.3. The van der Waals surface area contributed by atoms with Crippen LogP contribution in [0, 0.1) is 0 Å². The van der Waals surface area contributed by atoms with Gasteiger partial charge in [-0.15, -0.1) is 0 Å². The lowest BCUT2D eigenvalue weighted by Crippen LogP contribution is -2.14. The van der Waals surface area contributed by atoms with E-state index >= 15 is 0 Å². The first-order chi connectivity index (χ1) is 22.6. The molecule has 0 N–H and O–H groups in total. The van der Waals surface area contributed by atoms with Gasteiger partial charge in [0.1, 0.15) is 0 Å². The van der Waals surface area contributed by atoms with Gasteiger partial charge in [0.25, 0.3) is 0 Å². The standard InChI is InChI=1S/C42H30N4/c1-42(2)35-19-11-9-17-31(35)32-23-21-30(26-36(32)42)29-22-24-38-34(25-29)33-18-10-12-20-37(33)46(38)41-44-39(27-13-5-3-6-14-27)43-40(45-41)28-15-7-4-8-16-28/h3-26H,1-2H3. The maximum Gasteiger partial charge on any atom is 0.238 e. The third kappa shape index (κ3) is 4.04. The van der Waals surface area contributed by atoms with Crippen LogP contribution in [0.25, 0.3) is 72.8 Å². The summed E-state index contributed by atoms with van der Waals surface area (Å²) in [4.78, 5) is 15.1. The van der Waals surface area contributed by atoms with Crippen molar-refractivity contribution in [2.75, 3.05) is 0 Å². The highest BCUT2D eigenvalue weighted by atomic mass is 15.2. The summed E-state index contributed by atoms with van der Waals surface area (Å²) in [5.74, 6) is 1.89. The Morgan fingerprint density at radius 3 is 1.74 bits per heavy atom. The van der Waals surface area contributed by atoms with E-state index in [0.29, 0.717) is 17.6 Å². The van der Waals surface area contributed by atoms with Crippen molar-refractivity contribution in [3.8, 4) is 51.0 Å². The Balaban J connectivity index is 1.24. The van der Waals surface area contributed by atoms with Crippen LogP contribution in [-0.2, 0) is 5.41 Å². The van der Waals surface area contributed by atoms with Gasteiger partial charge in [0.2, 0.25) is 5.95 Å². The minimum atomic E-state index is -0.0479. The van der Waals surface area contributed by atoms with Crippen LogP contribution in [-0.4, -0.2) is 19.5 Å². The molecule has 0 fully saturated rings. The van der Waals surface area contributed by atoms with Crippen LogP contribution >= 0.6 is 0 Å². The monoisotopic (exact) mass is 590 g/mol. The number of fused-ring (bicyclic) bond motifs is 6. The average molecular weight is 591 g/mol. The fraction of sp³-hybridized carbons (Fsp3) is 0.0714. The van der Waals surface area contributed by atoms with Gasteiger partial charge in [-0.1, -0.05) is 135 Å². The molecule has 0 unspecified atom stereocenters. The second-order valence-electron chi connectivity index (χ2n) is 12.5. The SMILES string of the molecule is CC1(C)c2ccccc2-c2ccc(-c3ccc4c(c3)c3ccccc3n4-c3nc(-c4ccccc4)nc(-c4ccccc4)n3)cc21. The maximum atomic E-state index is 5.07. The number of hydrogen-bond acceptors (Lipinski definition) is 3. The molecular weight excluding hydrogens is 560 g/mol. The van der Waals surface area contributed by atoms with Crippen LogP contribution in [0.3, 0.4) is 0 Å². The molecule has 2 aromatic heterocycles. The molecule has 0 amide bonds. The lowest BCUT2D eigenvalue weighted by Gasteiger charge is -2.22. The van der Waals surface area contributed by atoms with Gasteiger partial charge in [-0.25, -0.2) is 4.98 Å². The van der Waals surface area contributed by atoms with E-state index in [0.717, 1.165) is 27.5 Å². The van der Waals surface area contributed by atoms with E-state index in [2.05, 4.69) is 103 Å². The van der Waals surface area contributed by atoms with Crippen LogP contribution in [0.1, 0.15) is 25.0 Å². The molecule has 8 aromatic rings. The Morgan fingerprint density at radius 1 is 0.435 bits per heavy atom. The largest absolute Gasteiger partial charge is 0.278 e. The first-order valence-electron chi connectivity index (χ1n) is 15.7. The topological polar surface area (TPSA) is 43.6 Å². The predicted molar refractivity (Wildman–Crippen MR) is 188 cm³/mol. The Bertz CT molecular complexity index is 2380. The normalized spacial score (nSPS) is 13.2. The summed E-state index contributed by atoms with van der Waals surface area (Å²) in [6, 6.07) is 51.3. The zero-order valence-electron chi connectivity index (χ0n) is 25.6.